The summed E-state index contributed by atoms with van der Waals surface area (Å²) in [5.74, 6) is -0.0111. The van der Waals surface area contributed by atoms with E-state index in [0.29, 0.717) is 12.6 Å². The summed E-state index contributed by atoms with van der Waals surface area (Å²) in [7, 11) is 1.75. The Morgan fingerprint density at radius 1 is 1.44 bits per heavy atom. The van der Waals surface area contributed by atoms with Gasteiger partial charge in [-0.25, -0.2) is 0 Å². The fourth-order valence-corrected chi connectivity index (χ4v) is 1.20. The lowest BCUT2D eigenvalue weighted by Crippen LogP contribution is -2.46. The number of hydrogen-bond acceptors (Lipinski definition) is 3. The number of hydrogen-bond donors (Lipinski definition) is 2. The molecule has 1 saturated carbocycles. The number of rotatable bonds is 6. The van der Waals surface area contributed by atoms with Crippen molar-refractivity contribution in [3.05, 3.63) is 0 Å². The van der Waals surface area contributed by atoms with Crippen LogP contribution in [-0.2, 0) is 9.59 Å². The molecule has 1 aliphatic carbocycles. The standard InChI is InChI=1S/C11H21N3O2/c1-4-14(3)10(15)7-12-8(2)11(16)13-9-5-6-9/h8-9,12H,4-7H2,1-3H3,(H,13,16). The monoisotopic (exact) mass is 227 g/mol. The first-order valence-electron chi connectivity index (χ1n) is 5.82. The first kappa shape index (κ1) is 13.0. The van der Waals surface area contributed by atoms with Gasteiger partial charge in [-0.05, 0) is 26.7 Å². The molecule has 0 aliphatic heterocycles. The number of likely N-dealkylation sites (N-methyl/N-ethyl adjacent to an activating group) is 1. The smallest absolute Gasteiger partial charge is 0.237 e. The third-order valence-electron chi connectivity index (χ3n) is 2.78. The van der Waals surface area contributed by atoms with Crippen LogP contribution >= 0.6 is 0 Å². The highest BCUT2D eigenvalue weighted by atomic mass is 16.2. The van der Waals surface area contributed by atoms with E-state index in [2.05, 4.69) is 10.6 Å². The summed E-state index contributed by atoms with van der Waals surface area (Å²) in [4.78, 5) is 24.6. The summed E-state index contributed by atoms with van der Waals surface area (Å²) in [5, 5.41) is 5.82. The molecule has 0 aromatic carbocycles. The molecular weight excluding hydrogens is 206 g/mol. The minimum atomic E-state index is -0.310. The maximum atomic E-state index is 11.5. The summed E-state index contributed by atoms with van der Waals surface area (Å²) in [5.41, 5.74) is 0. The highest BCUT2D eigenvalue weighted by Crippen LogP contribution is 2.18. The van der Waals surface area contributed by atoms with Crippen LogP contribution < -0.4 is 10.6 Å². The number of amides is 2. The molecule has 1 rings (SSSR count). The maximum absolute atomic E-state index is 11.5. The third kappa shape index (κ3) is 4.18. The number of nitrogens with one attached hydrogen (secondary N) is 2. The lowest BCUT2D eigenvalue weighted by atomic mass is 10.3. The Kier molecular flexibility index (Phi) is 4.73. The van der Waals surface area contributed by atoms with Crippen molar-refractivity contribution in [2.75, 3.05) is 20.1 Å². The zero-order chi connectivity index (χ0) is 12.1. The SMILES string of the molecule is CCN(C)C(=O)CNC(C)C(=O)NC1CC1. The number of carbonyl (C=O) groups excluding carboxylic acids is 2. The van der Waals surface area contributed by atoms with Crippen LogP contribution in [-0.4, -0.2) is 48.9 Å². The van der Waals surface area contributed by atoms with Gasteiger partial charge < -0.3 is 10.2 Å². The van der Waals surface area contributed by atoms with Crippen molar-refractivity contribution in [2.24, 2.45) is 0 Å². The second-order valence-corrected chi connectivity index (χ2v) is 4.29. The zero-order valence-electron chi connectivity index (χ0n) is 10.2. The molecule has 0 radical (unpaired) electrons. The lowest BCUT2D eigenvalue weighted by Gasteiger charge is -2.17. The van der Waals surface area contributed by atoms with E-state index < -0.39 is 0 Å². The van der Waals surface area contributed by atoms with Crippen LogP contribution in [0.4, 0.5) is 0 Å². The van der Waals surface area contributed by atoms with Gasteiger partial charge in [0.25, 0.3) is 0 Å². The van der Waals surface area contributed by atoms with Gasteiger partial charge in [-0.1, -0.05) is 0 Å². The van der Waals surface area contributed by atoms with Gasteiger partial charge in [-0.3, -0.25) is 14.9 Å². The molecule has 1 fully saturated rings. The van der Waals surface area contributed by atoms with Crippen LogP contribution in [0.25, 0.3) is 0 Å². The maximum Gasteiger partial charge on any atom is 0.237 e. The minimum absolute atomic E-state index is 0.00794. The lowest BCUT2D eigenvalue weighted by molar-refractivity contribution is -0.129. The van der Waals surface area contributed by atoms with Crippen molar-refractivity contribution in [3.8, 4) is 0 Å². The summed E-state index contributed by atoms with van der Waals surface area (Å²) < 4.78 is 0. The van der Waals surface area contributed by atoms with Crippen LogP contribution in [0.5, 0.6) is 0 Å². The minimum Gasteiger partial charge on any atom is -0.352 e. The largest absolute Gasteiger partial charge is 0.352 e. The van der Waals surface area contributed by atoms with Crippen LogP contribution in [0.1, 0.15) is 26.7 Å². The predicted molar refractivity (Wildman–Crippen MR) is 61.9 cm³/mol. The molecule has 0 aromatic rings. The van der Waals surface area contributed by atoms with Crippen molar-refractivity contribution < 1.29 is 9.59 Å². The Morgan fingerprint density at radius 2 is 2.06 bits per heavy atom. The molecule has 16 heavy (non-hydrogen) atoms. The number of nitrogens with zero attached hydrogens (tertiary/aromatic N) is 1. The summed E-state index contributed by atoms with van der Waals surface area (Å²) >= 11 is 0. The van der Waals surface area contributed by atoms with Gasteiger partial charge in [-0.2, -0.15) is 0 Å². The highest BCUT2D eigenvalue weighted by Gasteiger charge is 2.25. The topological polar surface area (TPSA) is 61.4 Å². The van der Waals surface area contributed by atoms with Gasteiger partial charge in [0.05, 0.1) is 12.6 Å². The van der Waals surface area contributed by atoms with E-state index in [1.54, 1.807) is 18.9 Å². The summed E-state index contributed by atoms with van der Waals surface area (Å²) in [6.45, 7) is 4.59. The van der Waals surface area contributed by atoms with Crippen LogP contribution in [0.3, 0.4) is 0 Å². The molecule has 2 N–H and O–H groups in total. The molecule has 1 atom stereocenters. The third-order valence-corrected chi connectivity index (χ3v) is 2.78. The van der Waals surface area contributed by atoms with Gasteiger partial charge in [0.2, 0.25) is 11.8 Å². The Balaban J connectivity index is 2.19. The molecule has 2 amide bonds. The van der Waals surface area contributed by atoms with Gasteiger partial charge in [0, 0.05) is 19.6 Å². The first-order chi connectivity index (χ1) is 7.54. The Hall–Kier alpha value is -1.10. The van der Waals surface area contributed by atoms with Gasteiger partial charge >= 0.3 is 0 Å². The van der Waals surface area contributed by atoms with E-state index in [4.69, 9.17) is 0 Å². The molecule has 0 spiro atoms. The van der Waals surface area contributed by atoms with Crippen molar-refractivity contribution in [1.82, 2.24) is 15.5 Å². The van der Waals surface area contributed by atoms with Gasteiger partial charge in [-0.15, -0.1) is 0 Å². The average molecular weight is 227 g/mol. The molecule has 0 saturated heterocycles. The Morgan fingerprint density at radius 3 is 2.56 bits per heavy atom. The van der Waals surface area contributed by atoms with E-state index in [1.165, 1.54) is 0 Å². The Bertz CT molecular complexity index is 264. The molecule has 0 heterocycles. The van der Waals surface area contributed by atoms with Crippen LogP contribution in [0.15, 0.2) is 0 Å². The van der Waals surface area contributed by atoms with Crippen molar-refractivity contribution in [1.29, 1.82) is 0 Å². The van der Waals surface area contributed by atoms with Crippen molar-refractivity contribution in [2.45, 2.75) is 38.8 Å². The highest BCUT2D eigenvalue weighted by molar-refractivity contribution is 5.83. The fraction of sp³-hybridized carbons (Fsp3) is 0.818. The molecular formula is C11H21N3O2. The second kappa shape index (κ2) is 5.84. The van der Waals surface area contributed by atoms with E-state index in [-0.39, 0.29) is 24.4 Å². The van der Waals surface area contributed by atoms with Crippen molar-refractivity contribution in [3.63, 3.8) is 0 Å². The molecule has 1 unspecified atom stereocenters. The molecule has 0 aromatic heterocycles. The van der Waals surface area contributed by atoms with Crippen molar-refractivity contribution >= 4 is 11.8 Å². The average Bonchev–Trinajstić information content (AvgIpc) is 3.07. The van der Waals surface area contributed by atoms with E-state index in [9.17, 15) is 9.59 Å². The second-order valence-electron chi connectivity index (χ2n) is 4.29. The van der Waals surface area contributed by atoms with E-state index in [1.807, 2.05) is 6.92 Å². The summed E-state index contributed by atoms with van der Waals surface area (Å²) in [6, 6.07) is 0.0561. The molecule has 5 nitrogen and oxygen atoms in total. The molecule has 5 heteroatoms. The fourth-order valence-electron chi connectivity index (χ4n) is 1.20. The molecule has 92 valence electrons. The van der Waals surface area contributed by atoms with Gasteiger partial charge in [0.15, 0.2) is 0 Å². The van der Waals surface area contributed by atoms with E-state index >= 15 is 0 Å². The van der Waals surface area contributed by atoms with Crippen LogP contribution in [0, 0.1) is 0 Å². The molecule has 1 aliphatic rings. The Labute approximate surface area is 96.6 Å². The van der Waals surface area contributed by atoms with E-state index in [0.717, 1.165) is 12.8 Å². The predicted octanol–water partition coefficient (Wildman–Crippen LogP) is -0.279. The number of carbonyl (C=O) groups is 2. The normalized spacial score (nSPS) is 16.7. The van der Waals surface area contributed by atoms with Gasteiger partial charge in [0.1, 0.15) is 0 Å². The first-order valence-corrected chi connectivity index (χ1v) is 5.82. The summed E-state index contributed by atoms with van der Waals surface area (Å²) in [6.07, 6.45) is 2.16. The zero-order valence-corrected chi connectivity index (χ0v) is 10.2. The van der Waals surface area contributed by atoms with Crippen LogP contribution in [0.2, 0.25) is 0 Å². The molecule has 0 bridgehead atoms. The quantitative estimate of drug-likeness (QED) is 0.656.